The number of nitrogens with zero attached hydrogens (tertiary/aromatic N) is 3. The Balaban J connectivity index is 2.31. The average molecular weight is 258 g/mol. The van der Waals surface area contributed by atoms with Crippen molar-refractivity contribution in [1.29, 1.82) is 0 Å². The molecule has 1 aliphatic heterocycles. The monoisotopic (exact) mass is 257 g/mol. The summed E-state index contributed by atoms with van der Waals surface area (Å²) in [5.41, 5.74) is 1.38. The lowest BCUT2D eigenvalue weighted by Gasteiger charge is -2.18. The maximum atomic E-state index is 4.57. The van der Waals surface area contributed by atoms with E-state index >= 15 is 0 Å². The van der Waals surface area contributed by atoms with Gasteiger partial charge in [0, 0.05) is 6.54 Å². The molecule has 0 radical (unpaired) electrons. The van der Waals surface area contributed by atoms with Crippen LogP contribution in [0.15, 0.2) is 4.60 Å². The van der Waals surface area contributed by atoms with Gasteiger partial charge in [0.15, 0.2) is 0 Å². The van der Waals surface area contributed by atoms with Crippen LogP contribution in [0.1, 0.15) is 24.4 Å². The van der Waals surface area contributed by atoms with Crippen LogP contribution in [0.4, 0.5) is 0 Å². The summed E-state index contributed by atoms with van der Waals surface area (Å²) in [4.78, 5) is 6.73. The Hall–Kier alpha value is -0.350. The van der Waals surface area contributed by atoms with Gasteiger partial charge in [-0.25, -0.2) is 4.98 Å². The van der Waals surface area contributed by atoms with Crippen molar-refractivity contribution in [3.63, 3.8) is 0 Å². The summed E-state index contributed by atoms with van der Waals surface area (Å²) in [6, 6.07) is 0. The second-order valence-electron chi connectivity index (χ2n) is 4.11. The van der Waals surface area contributed by atoms with Gasteiger partial charge in [-0.2, -0.15) is 0 Å². The number of halogens is 1. The van der Waals surface area contributed by atoms with E-state index in [-0.39, 0.29) is 0 Å². The standard InChI is InChI=1S/C10H16BrN3/c1-13(2)7-9-12-10(11)8-5-3-4-6-14(8)9/h3-7H2,1-2H3. The molecule has 0 N–H and O–H groups in total. The van der Waals surface area contributed by atoms with Crippen molar-refractivity contribution in [2.45, 2.75) is 32.4 Å². The highest BCUT2D eigenvalue weighted by atomic mass is 79.9. The van der Waals surface area contributed by atoms with Crippen LogP contribution in [0.5, 0.6) is 0 Å². The van der Waals surface area contributed by atoms with Gasteiger partial charge in [-0.3, -0.25) is 0 Å². The van der Waals surface area contributed by atoms with Crippen LogP contribution in [0, 0.1) is 0 Å². The van der Waals surface area contributed by atoms with Crippen molar-refractivity contribution < 1.29 is 0 Å². The van der Waals surface area contributed by atoms with E-state index in [9.17, 15) is 0 Å². The molecular weight excluding hydrogens is 242 g/mol. The fraction of sp³-hybridized carbons (Fsp3) is 0.700. The van der Waals surface area contributed by atoms with E-state index in [2.05, 4.69) is 44.5 Å². The molecule has 0 atom stereocenters. The third-order valence-corrected chi connectivity index (χ3v) is 3.24. The van der Waals surface area contributed by atoms with Crippen LogP contribution in [-0.4, -0.2) is 28.5 Å². The van der Waals surface area contributed by atoms with Gasteiger partial charge in [-0.05, 0) is 49.3 Å². The zero-order valence-corrected chi connectivity index (χ0v) is 10.3. The minimum absolute atomic E-state index is 0.929. The van der Waals surface area contributed by atoms with Crippen LogP contribution < -0.4 is 0 Å². The van der Waals surface area contributed by atoms with Crippen LogP contribution in [0.2, 0.25) is 0 Å². The van der Waals surface area contributed by atoms with Crippen molar-refractivity contribution in [2.75, 3.05) is 14.1 Å². The summed E-state index contributed by atoms with van der Waals surface area (Å²) in [5.74, 6) is 1.19. The fourth-order valence-corrected chi connectivity index (χ4v) is 2.59. The molecule has 0 spiro atoms. The molecule has 1 aromatic heterocycles. The summed E-state index contributed by atoms with van der Waals surface area (Å²) in [5, 5.41) is 0. The Labute approximate surface area is 93.2 Å². The van der Waals surface area contributed by atoms with Gasteiger partial charge in [-0.15, -0.1) is 0 Å². The number of rotatable bonds is 2. The van der Waals surface area contributed by atoms with Crippen LogP contribution in [0.25, 0.3) is 0 Å². The van der Waals surface area contributed by atoms with Crippen molar-refractivity contribution in [3.05, 3.63) is 16.1 Å². The number of fused-ring (bicyclic) bond motifs is 1. The molecule has 2 rings (SSSR count). The Morgan fingerprint density at radius 3 is 2.93 bits per heavy atom. The van der Waals surface area contributed by atoms with Crippen LogP contribution in [-0.2, 0) is 19.5 Å². The molecule has 0 bridgehead atoms. The van der Waals surface area contributed by atoms with E-state index in [1.807, 2.05) is 0 Å². The van der Waals surface area contributed by atoms with Gasteiger partial charge < -0.3 is 9.47 Å². The van der Waals surface area contributed by atoms with Crippen molar-refractivity contribution in [1.82, 2.24) is 14.5 Å². The largest absolute Gasteiger partial charge is 0.330 e. The smallest absolute Gasteiger partial charge is 0.127 e. The molecule has 2 heterocycles. The first-order chi connectivity index (χ1) is 6.68. The Morgan fingerprint density at radius 1 is 1.43 bits per heavy atom. The third kappa shape index (κ3) is 1.86. The predicted octanol–water partition coefficient (Wildman–Crippen LogP) is 2.04. The topological polar surface area (TPSA) is 21.1 Å². The molecule has 0 fully saturated rings. The number of hydrogen-bond acceptors (Lipinski definition) is 2. The first-order valence-electron chi connectivity index (χ1n) is 5.07. The Kier molecular flexibility index (Phi) is 2.93. The predicted molar refractivity (Wildman–Crippen MR) is 60.3 cm³/mol. The van der Waals surface area contributed by atoms with Crippen molar-refractivity contribution in [3.8, 4) is 0 Å². The van der Waals surface area contributed by atoms with Gasteiger partial charge >= 0.3 is 0 Å². The number of imidazole rings is 1. The van der Waals surface area contributed by atoms with Crippen LogP contribution >= 0.6 is 15.9 Å². The summed E-state index contributed by atoms with van der Waals surface area (Å²) < 4.78 is 3.42. The van der Waals surface area contributed by atoms with Gasteiger partial charge in [0.2, 0.25) is 0 Å². The molecule has 1 aromatic rings. The molecule has 3 nitrogen and oxygen atoms in total. The first kappa shape index (κ1) is 10.2. The zero-order chi connectivity index (χ0) is 10.1. The molecule has 0 unspecified atom stereocenters. The average Bonchev–Trinajstić information content (AvgIpc) is 2.44. The van der Waals surface area contributed by atoms with E-state index in [4.69, 9.17) is 0 Å². The van der Waals surface area contributed by atoms with Gasteiger partial charge in [0.25, 0.3) is 0 Å². The van der Waals surface area contributed by atoms with Crippen LogP contribution in [0.3, 0.4) is 0 Å². The summed E-state index contributed by atoms with van der Waals surface area (Å²) in [6.07, 6.45) is 3.75. The molecule has 0 amide bonds. The third-order valence-electron chi connectivity index (χ3n) is 2.61. The van der Waals surface area contributed by atoms with Crippen molar-refractivity contribution in [2.24, 2.45) is 0 Å². The second kappa shape index (κ2) is 4.03. The maximum Gasteiger partial charge on any atom is 0.127 e. The minimum atomic E-state index is 0.929. The van der Waals surface area contributed by atoms with E-state index in [0.717, 1.165) is 17.7 Å². The zero-order valence-electron chi connectivity index (χ0n) is 8.76. The highest BCUT2D eigenvalue weighted by Crippen LogP contribution is 2.24. The molecule has 4 heteroatoms. The first-order valence-corrected chi connectivity index (χ1v) is 5.86. The van der Waals surface area contributed by atoms with E-state index in [0.29, 0.717) is 0 Å². The molecule has 1 aliphatic rings. The van der Waals surface area contributed by atoms with Gasteiger partial charge in [0.05, 0.1) is 12.2 Å². The molecule has 14 heavy (non-hydrogen) atoms. The fourth-order valence-electron chi connectivity index (χ4n) is 1.97. The highest BCUT2D eigenvalue weighted by Gasteiger charge is 2.18. The number of hydrogen-bond donors (Lipinski definition) is 0. The summed E-state index contributed by atoms with van der Waals surface area (Å²) in [7, 11) is 4.16. The highest BCUT2D eigenvalue weighted by molar-refractivity contribution is 9.10. The number of aromatic nitrogens is 2. The maximum absolute atomic E-state index is 4.57. The SMILES string of the molecule is CN(C)Cc1nc(Br)c2n1CCCC2. The molecular formula is C10H16BrN3. The van der Waals surface area contributed by atoms with E-state index in [1.54, 1.807) is 0 Å². The van der Waals surface area contributed by atoms with Gasteiger partial charge in [0.1, 0.15) is 10.4 Å². The molecule has 0 saturated heterocycles. The molecule has 0 saturated carbocycles. The lowest BCUT2D eigenvalue weighted by molar-refractivity contribution is 0.373. The molecule has 78 valence electrons. The molecule has 0 aromatic carbocycles. The lowest BCUT2D eigenvalue weighted by atomic mass is 10.1. The van der Waals surface area contributed by atoms with E-state index in [1.165, 1.54) is 30.8 Å². The Bertz CT molecular complexity index is 330. The molecule has 0 aliphatic carbocycles. The van der Waals surface area contributed by atoms with Crippen molar-refractivity contribution >= 4 is 15.9 Å². The summed E-state index contributed by atoms with van der Waals surface area (Å²) >= 11 is 3.54. The quantitative estimate of drug-likeness (QED) is 0.809. The van der Waals surface area contributed by atoms with E-state index < -0.39 is 0 Å². The second-order valence-corrected chi connectivity index (χ2v) is 4.86. The minimum Gasteiger partial charge on any atom is -0.330 e. The Morgan fingerprint density at radius 2 is 2.21 bits per heavy atom. The normalized spacial score (nSPS) is 16.0. The lowest BCUT2D eigenvalue weighted by Crippen LogP contribution is -2.18. The summed E-state index contributed by atoms with van der Waals surface area (Å²) in [6.45, 7) is 2.07. The van der Waals surface area contributed by atoms with Gasteiger partial charge in [-0.1, -0.05) is 0 Å².